The Morgan fingerprint density at radius 3 is 2.93 bits per heavy atom. The second-order valence-electron chi connectivity index (χ2n) is 6.75. The topological polar surface area (TPSA) is 78.9 Å². The van der Waals surface area contributed by atoms with Crippen LogP contribution in [0.15, 0.2) is 42.9 Å². The first-order valence-electron chi connectivity index (χ1n) is 9.12. The molecular formula is C19H20ClN5O3. The fourth-order valence-electron chi connectivity index (χ4n) is 3.45. The lowest BCUT2D eigenvalue weighted by atomic mass is 10.3. The number of urea groups is 1. The summed E-state index contributed by atoms with van der Waals surface area (Å²) in [6.07, 6.45) is 3.68. The summed E-state index contributed by atoms with van der Waals surface area (Å²) in [4.78, 5) is 38.2. The number of hydrogen-bond acceptors (Lipinski definition) is 5. The number of nitrogens with zero attached hydrogens (tertiary/aromatic N) is 5. The molecule has 3 amide bonds. The summed E-state index contributed by atoms with van der Waals surface area (Å²) in [6, 6.07) is 8.67. The van der Waals surface area contributed by atoms with Crippen LogP contribution in [0.4, 0.5) is 10.5 Å². The van der Waals surface area contributed by atoms with Crippen molar-refractivity contribution in [3.05, 3.63) is 47.9 Å². The SMILES string of the molecule is O=C(CN1CCN(c2cccc(Cl)c2)C1=O)N1CC[C@H](Oc2ccncn2)C1. The molecule has 1 atom stereocenters. The number of benzene rings is 1. The van der Waals surface area contributed by atoms with Gasteiger partial charge in [0.25, 0.3) is 0 Å². The Bertz CT molecular complexity index is 866. The fourth-order valence-corrected chi connectivity index (χ4v) is 3.63. The van der Waals surface area contributed by atoms with Crippen molar-refractivity contribution in [3.63, 3.8) is 0 Å². The second-order valence-corrected chi connectivity index (χ2v) is 7.19. The number of carbonyl (C=O) groups excluding carboxylic acids is 2. The Morgan fingerprint density at radius 2 is 2.14 bits per heavy atom. The summed E-state index contributed by atoms with van der Waals surface area (Å²) in [5.74, 6) is 0.427. The summed E-state index contributed by atoms with van der Waals surface area (Å²) in [5, 5.41) is 0.576. The Hall–Kier alpha value is -2.87. The van der Waals surface area contributed by atoms with Gasteiger partial charge in [-0.15, -0.1) is 0 Å². The standard InChI is InChI=1S/C19H20ClN5O3/c20-14-2-1-3-15(10-14)25-9-8-24(19(25)27)12-18(26)23-7-5-16(11-23)28-17-4-6-21-13-22-17/h1-4,6,10,13,16H,5,7-9,11-12H2/t16-/m0/s1. The molecule has 0 unspecified atom stereocenters. The van der Waals surface area contributed by atoms with Crippen molar-refractivity contribution in [2.45, 2.75) is 12.5 Å². The van der Waals surface area contributed by atoms with Crippen LogP contribution < -0.4 is 9.64 Å². The van der Waals surface area contributed by atoms with Gasteiger partial charge in [0.2, 0.25) is 11.8 Å². The molecule has 3 heterocycles. The zero-order chi connectivity index (χ0) is 19.5. The van der Waals surface area contributed by atoms with Crippen LogP contribution >= 0.6 is 11.6 Å². The Kier molecular flexibility index (Phi) is 5.29. The molecule has 0 aliphatic carbocycles. The molecule has 28 heavy (non-hydrogen) atoms. The molecule has 0 spiro atoms. The molecule has 2 saturated heterocycles. The van der Waals surface area contributed by atoms with Gasteiger partial charge in [-0.25, -0.2) is 14.8 Å². The van der Waals surface area contributed by atoms with Crippen LogP contribution in [-0.2, 0) is 4.79 Å². The van der Waals surface area contributed by atoms with Crippen LogP contribution in [0, 0.1) is 0 Å². The van der Waals surface area contributed by atoms with E-state index in [4.69, 9.17) is 16.3 Å². The van der Waals surface area contributed by atoms with Crippen LogP contribution in [0.5, 0.6) is 5.88 Å². The summed E-state index contributed by atoms with van der Waals surface area (Å²) in [5.41, 5.74) is 0.743. The highest BCUT2D eigenvalue weighted by atomic mass is 35.5. The van der Waals surface area contributed by atoms with Gasteiger partial charge in [-0.3, -0.25) is 9.69 Å². The largest absolute Gasteiger partial charge is 0.472 e. The second kappa shape index (κ2) is 8.02. The van der Waals surface area contributed by atoms with Crippen molar-refractivity contribution in [2.24, 2.45) is 0 Å². The minimum absolute atomic E-state index is 0.0656. The molecule has 1 aromatic heterocycles. The van der Waals surface area contributed by atoms with Gasteiger partial charge in [-0.1, -0.05) is 17.7 Å². The molecule has 2 aliphatic rings. The highest BCUT2D eigenvalue weighted by Crippen LogP contribution is 2.24. The number of amides is 3. The quantitative estimate of drug-likeness (QED) is 0.766. The summed E-state index contributed by atoms with van der Waals surface area (Å²) in [6.45, 7) is 2.20. The normalized spacial score (nSPS) is 19.4. The Labute approximate surface area is 167 Å². The number of anilines is 1. The van der Waals surface area contributed by atoms with Crippen LogP contribution in [0.3, 0.4) is 0 Å². The van der Waals surface area contributed by atoms with Crippen molar-refractivity contribution in [1.82, 2.24) is 19.8 Å². The molecule has 2 aliphatic heterocycles. The minimum atomic E-state index is -0.177. The number of carbonyl (C=O) groups is 2. The third kappa shape index (κ3) is 4.01. The molecular weight excluding hydrogens is 382 g/mol. The maximum absolute atomic E-state index is 12.7. The first-order valence-corrected chi connectivity index (χ1v) is 9.50. The molecule has 8 nitrogen and oxygen atoms in total. The minimum Gasteiger partial charge on any atom is -0.472 e. The van der Waals surface area contributed by atoms with E-state index in [9.17, 15) is 9.59 Å². The molecule has 0 saturated carbocycles. The van der Waals surface area contributed by atoms with E-state index in [1.165, 1.54) is 6.33 Å². The number of aromatic nitrogens is 2. The fraction of sp³-hybridized carbons (Fsp3) is 0.368. The molecule has 0 radical (unpaired) electrons. The number of rotatable bonds is 5. The average Bonchev–Trinajstić information content (AvgIpc) is 3.30. The van der Waals surface area contributed by atoms with Crippen molar-refractivity contribution >= 4 is 29.2 Å². The first kappa shape index (κ1) is 18.5. The van der Waals surface area contributed by atoms with Gasteiger partial charge in [0, 0.05) is 49.0 Å². The van der Waals surface area contributed by atoms with Crippen molar-refractivity contribution in [3.8, 4) is 5.88 Å². The van der Waals surface area contributed by atoms with E-state index in [-0.39, 0.29) is 24.6 Å². The molecule has 2 fully saturated rings. The van der Waals surface area contributed by atoms with Crippen LogP contribution in [0.25, 0.3) is 0 Å². The van der Waals surface area contributed by atoms with Gasteiger partial charge in [-0.2, -0.15) is 0 Å². The summed E-state index contributed by atoms with van der Waals surface area (Å²) < 4.78 is 5.79. The number of hydrogen-bond donors (Lipinski definition) is 0. The average molecular weight is 402 g/mol. The maximum atomic E-state index is 12.7. The van der Waals surface area contributed by atoms with E-state index in [0.717, 1.165) is 12.1 Å². The van der Waals surface area contributed by atoms with Crippen molar-refractivity contribution < 1.29 is 14.3 Å². The number of ether oxygens (including phenoxy) is 1. The molecule has 0 bridgehead atoms. The third-order valence-electron chi connectivity index (χ3n) is 4.88. The van der Waals surface area contributed by atoms with Gasteiger partial charge in [0.15, 0.2) is 0 Å². The van der Waals surface area contributed by atoms with Gasteiger partial charge < -0.3 is 14.5 Å². The maximum Gasteiger partial charge on any atom is 0.325 e. The van der Waals surface area contributed by atoms with E-state index < -0.39 is 0 Å². The zero-order valence-corrected chi connectivity index (χ0v) is 16.0. The lowest BCUT2D eigenvalue weighted by Gasteiger charge is -2.22. The number of likely N-dealkylation sites (tertiary alicyclic amines) is 1. The molecule has 2 aromatic rings. The molecule has 1 aromatic carbocycles. The van der Waals surface area contributed by atoms with E-state index in [1.54, 1.807) is 45.2 Å². The number of halogens is 1. The lowest BCUT2D eigenvalue weighted by Crippen LogP contribution is -2.42. The monoisotopic (exact) mass is 401 g/mol. The predicted molar refractivity (Wildman–Crippen MR) is 103 cm³/mol. The van der Waals surface area contributed by atoms with Crippen LogP contribution in [0.2, 0.25) is 5.02 Å². The molecule has 4 rings (SSSR count). The zero-order valence-electron chi connectivity index (χ0n) is 15.2. The highest BCUT2D eigenvalue weighted by Gasteiger charge is 2.34. The summed E-state index contributed by atoms with van der Waals surface area (Å²) in [7, 11) is 0. The van der Waals surface area contributed by atoms with E-state index in [2.05, 4.69) is 9.97 Å². The van der Waals surface area contributed by atoms with E-state index in [1.807, 2.05) is 6.07 Å². The highest BCUT2D eigenvalue weighted by molar-refractivity contribution is 6.30. The third-order valence-corrected chi connectivity index (χ3v) is 5.12. The van der Waals surface area contributed by atoms with Crippen LogP contribution in [0.1, 0.15) is 6.42 Å². The summed E-state index contributed by atoms with van der Waals surface area (Å²) >= 11 is 6.02. The van der Waals surface area contributed by atoms with Crippen molar-refractivity contribution in [1.29, 1.82) is 0 Å². The van der Waals surface area contributed by atoms with Gasteiger partial charge >= 0.3 is 6.03 Å². The predicted octanol–water partition coefficient (Wildman–Crippen LogP) is 2.05. The van der Waals surface area contributed by atoms with Gasteiger partial charge in [0.1, 0.15) is 19.0 Å². The molecule has 0 N–H and O–H groups in total. The Balaban J connectivity index is 1.31. The first-order chi connectivity index (χ1) is 13.6. The van der Waals surface area contributed by atoms with Gasteiger partial charge in [0.05, 0.1) is 6.54 Å². The van der Waals surface area contributed by atoms with Crippen LogP contribution in [-0.4, -0.2) is 70.5 Å². The van der Waals surface area contributed by atoms with E-state index in [0.29, 0.717) is 37.1 Å². The van der Waals surface area contributed by atoms with Gasteiger partial charge in [-0.05, 0) is 18.2 Å². The van der Waals surface area contributed by atoms with Crippen molar-refractivity contribution in [2.75, 3.05) is 37.6 Å². The molecule has 146 valence electrons. The smallest absolute Gasteiger partial charge is 0.325 e. The molecule has 9 heteroatoms. The lowest BCUT2D eigenvalue weighted by molar-refractivity contribution is -0.130. The van der Waals surface area contributed by atoms with E-state index >= 15 is 0 Å². The Morgan fingerprint density at radius 1 is 1.25 bits per heavy atom.